The highest BCUT2D eigenvalue weighted by Crippen LogP contribution is 2.30. The minimum atomic E-state index is -0.554. The minimum absolute atomic E-state index is 0.384. The fourth-order valence-corrected chi connectivity index (χ4v) is 3.69. The Hall–Kier alpha value is -4.19. The van der Waals surface area contributed by atoms with Gasteiger partial charge in [-0.2, -0.15) is 0 Å². The standard InChI is InChI=1S/C27H25N3O3/c1-18-25(22-11-7-8-12-23(22)29-26(18)19-9-5-4-6-10-19)27(32)33-17-24(31)28-20-13-15-21(16-14-20)30(2)3/h4-16H,17H2,1-3H3,(H,28,31). The van der Waals surface area contributed by atoms with Gasteiger partial charge in [-0.25, -0.2) is 9.78 Å². The molecule has 3 aromatic carbocycles. The van der Waals surface area contributed by atoms with E-state index in [-0.39, 0.29) is 6.61 Å². The molecule has 0 fully saturated rings. The zero-order chi connectivity index (χ0) is 23.4. The Bertz CT molecular complexity index is 1300. The molecule has 1 N–H and O–H groups in total. The van der Waals surface area contributed by atoms with Gasteiger partial charge < -0.3 is 15.0 Å². The maximum absolute atomic E-state index is 13.1. The number of amides is 1. The van der Waals surface area contributed by atoms with Crippen LogP contribution < -0.4 is 10.2 Å². The van der Waals surface area contributed by atoms with Crippen LogP contribution in [0.1, 0.15) is 15.9 Å². The number of nitrogens with one attached hydrogen (secondary N) is 1. The van der Waals surface area contributed by atoms with E-state index in [1.165, 1.54) is 0 Å². The number of pyridine rings is 1. The molecule has 166 valence electrons. The van der Waals surface area contributed by atoms with Crippen LogP contribution in [0, 0.1) is 6.92 Å². The number of para-hydroxylation sites is 1. The van der Waals surface area contributed by atoms with Crippen molar-refractivity contribution >= 4 is 34.2 Å². The Morgan fingerprint density at radius 2 is 1.58 bits per heavy atom. The molecule has 4 aromatic rings. The molecule has 1 amide bonds. The van der Waals surface area contributed by atoms with Gasteiger partial charge in [0.25, 0.3) is 5.91 Å². The smallest absolute Gasteiger partial charge is 0.339 e. The first-order chi connectivity index (χ1) is 15.9. The van der Waals surface area contributed by atoms with E-state index in [4.69, 9.17) is 9.72 Å². The van der Waals surface area contributed by atoms with Gasteiger partial charge in [0.1, 0.15) is 0 Å². The van der Waals surface area contributed by atoms with Gasteiger partial charge in [-0.1, -0.05) is 48.5 Å². The van der Waals surface area contributed by atoms with Crippen molar-refractivity contribution in [1.82, 2.24) is 4.98 Å². The van der Waals surface area contributed by atoms with E-state index in [2.05, 4.69) is 5.32 Å². The molecule has 0 aliphatic rings. The second-order valence-electron chi connectivity index (χ2n) is 7.91. The van der Waals surface area contributed by atoms with Crippen LogP contribution in [0.2, 0.25) is 0 Å². The summed E-state index contributed by atoms with van der Waals surface area (Å²) in [4.78, 5) is 32.2. The number of hydrogen-bond acceptors (Lipinski definition) is 5. The molecule has 0 saturated carbocycles. The van der Waals surface area contributed by atoms with Crippen molar-refractivity contribution in [2.45, 2.75) is 6.92 Å². The number of rotatable bonds is 6. The van der Waals surface area contributed by atoms with Gasteiger partial charge >= 0.3 is 5.97 Å². The molecule has 0 bridgehead atoms. The SMILES string of the molecule is Cc1c(-c2ccccc2)nc2ccccc2c1C(=O)OCC(=O)Nc1ccc(N(C)C)cc1. The minimum Gasteiger partial charge on any atom is -0.452 e. The summed E-state index contributed by atoms with van der Waals surface area (Å²) in [6.45, 7) is 1.47. The van der Waals surface area contributed by atoms with E-state index in [0.717, 1.165) is 11.3 Å². The number of hydrogen-bond donors (Lipinski definition) is 1. The molecule has 0 atom stereocenters. The van der Waals surface area contributed by atoms with Gasteiger partial charge in [0, 0.05) is 36.4 Å². The average molecular weight is 440 g/mol. The molecule has 6 nitrogen and oxygen atoms in total. The molecule has 0 saturated heterocycles. The quantitative estimate of drug-likeness (QED) is 0.425. The van der Waals surface area contributed by atoms with Crippen LogP contribution in [-0.4, -0.2) is 37.6 Å². The molecule has 0 unspecified atom stereocenters. The maximum atomic E-state index is 13.1. The van der Waals surface area contributed by atoms with E-state index >= 15 is 0 Å². The molecule has 4 rings (SSSR count). The molecule has 0 spiro atoms. The molecule has 6 heteroatoms. The molecular weight excluding hydrogens is 414 g/mol. The van der Waals surface area contributed by atoms with Crippen molar-refractivity contribution in [2.75, 3.05) is 30.9 Å². The lowest BCUT2D eigenvalue weighted by atomic mass is 9.98. The number of ether oxygens (including phenoxy) is 1. The lowest BCUT2D eigenvalue weighted by Gasteiger charge is -2.15. The lowest BCUT2D eigenvalue weighted by Crippen LogP contribution is -2.21. The maximum Gasteiger partial charge on any atom is 0.339 e. The van der Waals surface area contributed by atoms with Gasteiger partial charge in [0.05, 0.1) is 16.8 Å². The third-order valence-electron chi connectivity index (χ3n) is 5.39. The summed E-state index contributed by atoms with van der Waals surface area (Å²) in [5, 5.41) is 3.45. The van der Waals surface area contributed by atoms with Crippen molar-refractivity contribution in [3.8, 4) is 11.3 Å². The zero-order valence-electron chi connectivity index (χ0n) is 18.8. The highest BCUT2D eigenvalue weighted by molar-refractivity contribution is 6.07. The van der Waals surface area contributed by atoms with Gasteiger partial charge in [-0.3, -0.25) is 4.79 Å². The van der Waals surface area contributed by atoms with Crippen LogP contribution in [0.4, 0.5) is 11.4 Å². The molecule has 1 heterocycles. The first-order valence-electron chi connectivity index (χ1n) is 10.6. The first kappa shape index (κ1) is 22.0. The highest BCUT2D eigenvalue weighted by atomic mass is 16.5. The van der Waals surface area contributed by atoms with Crippen LogP contribution >= 0.6 is 0 Å². The van der Waals surface area contributed by atoms with Gasteiger partial charge in [0.15, 0.2) is 6.61 Å². The Morgan fingerprint density at radius 3 is 2.27 bits per heavy atom. The van der Waals surface area contributed by atoms with Crippen LogP contribution in [0.5, 0.6) is 0 Å². The first-order valence-corrected chi connectivity index (χ1v) is 10.6. The van der Waals surface area contributed by atoms with Gasteiger partial charge in [0.2, 0.25) is 0 Å². The van der Waals surface area contributed by atoms with Crippen molar-refractivity contribution < 1.29 is 14.3 Å². The van der Waals surface area contributed by atoms with E-state index in [9.17, 15) is 9.59 Å². The second kappa shape index (κ2) is 9.53. The van der Waals surface area contributed by atoms with Crippen molar-refractivity contribution in [3.63, 3.8) is 0 Å². The fraction of sp³-hybridized carbons (Fsp3) is 0.148. The number of benzene rings is 3. The number of esters is 1. The number of anilines is 2. The lowest BCUT2D eigenvalue weighted by molar-refractivity contribution is -0.119. The van der Waals surface area contributed by atoms with Crippen LogP contribution in [0.15, 0.2) is 78.9 Å². The summed E-state index contributed by atoms with van der Waals surface area (Å²) in [5.74, 6) is -0.957. The van der Waals surface area contributed by atoms with E-state index in [0.29, 0.717) is 33.4 Å². The Labute approximate surface area is 192 Å². The van der Waals surface area contributed by atoms with Crippen molar-refractivity contribution in [2.24, 2.45) is 0 Å². The van der Waals surface area contributed by atoms with Gasteiger partial charge in [-0.15, -0.1) is 0 Å². The Kier molecular flexibility index (Phi) is 6.36. The van der Waals surface area contributed by atoms with Gasteiger partial charge in [-0.05, 0) is 42.8 Å². The van der Waals surface area contributed by atoms with E-state index in [1.807, 2.05) is 105 Å². The van der Waals surface area contributed by atoms with Crippen LogP contribution in [-0.2, 0) is 9.53 Å². The summed E-state index contributed by atoms with van der Waals surface area (Å²) in [5.41, 5.74) is 5.11. The summed E-state index contributed by atoms with van der Waals surface area (Å²) in [7, 11) is 3.89. The van der Waals surface area contributed by atoms with Crippen LogP contribution in [0.25, 0.3) is 22.2 Å². The third-order valence-corrected chi connectivity index (χ3v) is 5.39. The average Bonchev–Trinajstić information content (AvgIpc) is 2.83. The fourth-order valence-electron chi connectivity index (χ4n) is 3.69. The normalized spacial score (nSPS) is 10.6. The molecule has 0 radical (unpaired) electrons. The van der Waals surface area contributed by atoms with Crippen molar-refractivity contribution in [3.05, 3.63) is 90.0 Å². The van der Waals surface area contributed by atoms with E-state index in [1.54, 1.807) is 0 Å². The predicted octanol–water partition coefficient (Wildman–Crippen LogP) is 5.07. The third kappa shape index (κ3) is 4.85. The summed E-state index contributed by atoms with van der Waals surface area (Å²) in [6, 6.07) is 24.6. The molecule has 0 aliphatic heterocycles. The molecular formula is C27H25N3O3. The predicted molar refractivity (Wildman–Crippen MR) is 132 cm³/mol. The zero-order valence-corrected chi connectivity index (χ0v) is 18.8. The second-order valence-corrected chi connectivity index (χ2v) is 7.91. The number of aromatic nitrogens is 1. The van der Waals surface area contributed by atoms with Crippen molar-refractivity contribution in [1.29, 1.82) is 0 Å². The number of nitrogens with zero attached hydrogens (tertiary/aromatic N) is 2. The number of fused-ring (bicyclic) bond motifs is 1. The largest absolute Gasteiger partial charge is 0.452 e. The Morgan fingerprint density at radius 1 is 0.909 bits per heavy atom. The highest BCUT2D eigenvalue weighted by Gasteiger charge is 2.20. The summed E-state index contributed by atoms with van der Waals surface area (Å²) >= 11 is 0. The summed E-state index contributed by atoms with van der Waals surface area (Å²) in [6.07, 6.45) is 0. The monoisotopic (exact) mass is 439 g/mol. The van der Waals surface area contributed by atoms with E-state index < -0.39 is 11.9 Å². The number of carbonyl (C=O) groups excluding carboxylic acids is 2. The van der Waals surface area contributed by atoms with Crippen LogP contribution in [0.3, 0.4) is 0 Å². The molecule has 33 heavy (non-hydrogen) atoms. The number of carbonyl (C=O) groups is 2. The Balaban J connectivity index is 1.55. The molecule has 1 aromatic heterocycles. The summed E-state index contributed by atoms with van der Waals surface area (Å²) < 4.78 is 5.42. The molecule has 0 aliphatic carbocycles. The topological polar surface area (TPSA) is 71.5 Å².